The van der Waals surface area contributed by atoms with Crippen LogP contribution in [0.15, 0.2) is 35.4 Å². The van der Waals surface area contributed by atoms with Gasteiger partial charge in [-0.3, -0.25) is 9.78 Å². The van der Waals surface area contributed by atoms with Crippen LogP contribution in [0.4, 0.5) is 5.69 Å². The SMILES string of the molecule is CCOC(=O)CSc1ccc(N)c2cccnc12. The van der Waals surface area contributed by atoms with Crippen LogP contribution in [0.3, 0.4) is 0 Å². The van der Waals surface area contributed by atoms with Crippen molar-refractivity contribution < 1.29 is 9.53 Å². The predicted molar refractivity (Wildman–Crippen MR) is 73.5 cm³/mol. The van der Waals surface area contributed by atoms with Gasteiger partial charge in [0.05, 0.1) is 17.9 Å². The quantitative estimate of drug-likeness (QED) is 0.521. The van der Waals surface area contributed by atoms with E-state index in [1.165, 1.54) is 11.8 Å². The first-order chi connectivity index (χ1) is 8.72. The summed E-state index contributed by atoms with van der Waals surface area (Å²) in [6.45, 7) is 2.20. The number of pyridine rings is 1. The number of hydrogen-bond acceptors (Lipinski definition) is 5. The van der Waals surface area contributed by atoms with E-state index in [1.54, 1.807) is 13.1 Å². The predicted octanol–water partition coefficient (Wildman–Crippen LogP) is 2.47. The van der Waals surface area contributed by atoms with Crippen molar-refractivity contribution in [3.8, 4) is 0 Å². The molecule has 1 heterocycles. The minimum absolute atomic E-state index is 0.219. The normalized spacial score (nSPS) is 10.5. The first kappa shape index (κ1) is 12.7. The monoisotopic (exact) mass is 262 g/mol. The molecule has 1 aromatic carbocycles. The van der Waals surface area contributed by atoms with Crippen molar-refractivity contribution in [2.45, 2.75) is 11.8 Å². The number of carbonyl (C=O) groups is 1. The highest BCUT2D eigenvalue weighted by Gasteiger charge is 2.08. The van der Waals surface area contributed by atoms with Crippen LogP contribution in [0.5, 0.6) is 0 Å². The highest BCUT2D eigenvalue weighted by Crippen LogP contribution is 2.29. The van der Waals surface area contributed by atoms with Gasteiger partial charge in [0.2, 0.25) is 0 Å². The van der Waals surface area contributed by atoms with Crippen LogP contribution in [0.1, 0.15) is 6.92 Å². The number of aromatic nitrogens is 1. The average molecular weight is 262 g/mol. The van der Waals surface area contributed by atoms with Gasteiger partial charge in [-0.2, -0.15) is 0 Å². The topological polar surface area (TPSA) is 65.2 Å². The summed E-state index contributed by atoms with van der Waals surface area (Å²) in [4.78, 5) is 16.6. The van der Waals surface area contributed by atoms with Gasteiger partial charge in [0.25, 0.3) is 0 Å². The highest BCUT2D eigenvalue weighted by molar-refractivity contribution is 8.00. The third-order valence-corrected chi connectivity index (χ3v) is 3.44. The maximum atomic E-state index is 11.3. The summed E-state index contributed by atoms with van der Waals surface area (Å²) in [5.74, 6) is 0.0621. The molecular formula is C13H14N2O2S. The molecule has 2 N–H and O–H groups in total. The second-order valence-corrected chi connectivity index (χ2v) is 4.66. The fourth-order valence-corrected chi connectivity index (χ4v) is 2.44. The Kier molecular flexibility index (Phi) is 4.04. The van der Waals surface area contributed by atoms with Gasteiger partial charge >= 0.3 is 5.97 Å². The summed E-state index contributed by atoms with van der Waals surface area (Å²) >= 11 is 1.41. The molecule has 0 amide bonds. The maximum absolute atomic E-state index is 11.3. The molecule has 1 aromatic heterocycles. The van der Waals surface area contributed by atoms with Gasteiger partial charge in [-0.05, 0) is 31.2 Å². The number of nitrogens with two attached hydrogens (primary N) is 1. The van der Waals surface area contributed by atoms with Crippen molar-refractivity contribution in [1.29, 1.82) is 0 Å². The lowest BCUT2D eigenvalue weighted by molar-refractivity contribution is -0.139. The second kappa shape index (κ2) is 5.73. The molecule has 0 fully saturated rings. The number of fused-ring (bicyclic) bond motifs is 1. The molecule has 0 aliphatic carbocycles. The molecule has 2 aromatic rings. The van der Waals surface area contributed by atoms with Crippen LogP contribution < -0.4 is 5.73 Å². The summed E-state index contributed by atoms with van der Waals surface area (Å²) in [7, 11) is 0. The van der Waals surface area contributed by atoms with Gasteiger partial charge in [0.15, 0.2) is 0 Å². The lowest BCUT2D eigenvalue weighted by Gasteiger charge is -2.07. The maximum Gasteiger partial charge on any atom is 0.316 e. The Balaban J connectivity index is 2.24. The third kappa shape index (κ3) is 2.73. The molecule has 2 rings (SSSR count). The fourth-order valence-electron chi connectivity index (χ4n) is 1.62. The van der Waals surface area contributed by atoms with Gasteiger partial charge in [-0.25, -0.2) is 0 Å². The fraction of sp³-hybridized carbons (Fsp3) is 0.231. The summed E-state index contributed by atoms with van der Waals surface area (Å²) in [5, 5.41) is 0.909. The van der Waals surface area contributed by atoms with Crippen LogP contribution >= 0.6 is 11.8 Å². The molecule has 0 aliphatic heterocycles. The van der Waals surface area contributed by atoms with Crippen LogP contribution in [-0.4, -0.2) is 23.3 Å². The number of benzene rings is 1. The van der Waals surface area contributed by atoms with Crippen molar-refractivity contribution in [2.75, 3.05) is 18.1 Å². The average Bonchev–Trinajstić information content (AvgIpc) is 2.39. The van der Waals surface area contributed by atoms with Gasteiger partial charge in [-0.1, -0.05) is 0 Å². The molecule has 0 aliphatic rings. The number of anilines is 1. The Morgan fingerprint density at radius 2 is 2.28 bits per heavy atom. The van der Waals surface area contributed by atoms with Crippen molar-refractivity contribution in [2.24, 2.45) is 0 Å². The second-order valence-electron chi connectivity index (χ2n) is 3.65. The largest absolute Gasteiger partial charge is 0.465 e. The summed E-state index contributed by atoms with van der Waals surface area (Å²) in [5.41, 5.74) is 7.41. The number of carbonyl (C=O) groups excluding carboxylic acids is 1. The first-order valence-corrected chi connectivity index (χ1v) is 6.62. The van der Waals surface area contributed by atoms with Crippen LogP contribution in [0.25, 0.3) is 10.9 Å². The smallest absolute Gasteiger partial charge is 0.316 e. The Bertz CT molecular complexity index is 572. The molecule has 0 radical (unpaired) electrons. The van der Waals surface area contributed by atoms with Crippen LogP contribution in [0, 0.1) is 0 Å². The summed E-state index contributed by atoms with van der Waals surface area (Å²) < 4.78 is 4.89. The number of thioether (sulfide) groups is 1. The zero-order valence-corrected chi connectivity index (χ0v) is 10.9. The number of esters is 1. The molecule has 0 saturated carbocycles. The molecule has 5 heteroatoms. The zero-order chi connectivity index (χ0) is 13.0. The lowest BCUT2D eigenvalue weighted by atomic mass is 10.2. The molecular weight excluding hydrogens is 248 g/mol. The molecule has 0 saturated heterocycles. The molecule has 0 spiro atoms. The molecule has 0 atom stereocenters. The van der Waals surface area contributed by atoms with E-state index in [2.05, 4.69) is 4.98 Å². The molecule has 18 heavy (non-hydrogen) atoms. The Morgan fingerprint density at radius 1 is 1.44 bits per heavy atom. The molecule has 94 valence electrons. The van der Waals surface area contributed by atoms with Crippen molar-refractivity contribution in [3.05, 3.63) is 30.5 Å². The van der Waals surface area contributed by atoms with Gasteiger partial charge in [0.1, 0.15) is 0 Å². The van der Waals surface area contributed by atoms with E-state index < -0.39 is 0 Å². The van der Waals surface area contributed by atoms with E-state index >= 15 is 0 Å². The van der Waals surface area contributed by atoms with E-state index in [4.69, 9.17) is 10.5 Å². The van der Waals surface area contributed by atoms with E-state index in [0.717, 1.165) is 15.8 Å². The van der Waals surface area contributed by atoms with E-state index in [1.807, 2.05) is 24.3 Å². The zero-order valence-electron chi connectivity index (χ0n) is 10.1. The van der Waals surface area contributed by atoms with Crippen molar-refractivity contribution in [3.63, 3.8) is 0 Å². The number of ether oxygens (including phenoxy) is 1. The number of rotatable bonds is 4. The molecule has 0 bridgehead atoms. The van der Waals surface area contributed by atoms with E-state index in [9.17, 15) is 4.79 Å². The Morgan fingerprint density at radius 3 is 3.06 bits per heavy atom. The minimum atomic E-state index is -0.219. The first-order valence-electron chi connectivity index (χ1n) is 5.64. The molecule has 0 unspecified atom stereocenters. The van der Waals surface area contributed by atoms with Gasteiger partial charge < -0.3 is 10.5 Å². The number of nitrogens with zero attached hydrogens (tertiary/aromatic N) is 1. The number of nitrogen functional groups attached to an aromatic ring is 1. The van der Waals surface area contributed by atoms with Crippen molar-refractivity contribution in [1.82, 2.24) is 4.98 Å². The van der Waals surface area contributed by atoms with E-state index in [0.29, 0.717) is 12.3 Å². The van der Waals surface area contributed by atoms with Crippen molar-refractivity contribution >= 4 is 34.3 Å². The Hall–Kier alpha value is -1.75. The van der Waals surface area contributed by atoms with Gasteiger partial charge in [-0.15, -0.1) is 11.8 Å². The minimum Gasteiger partial charge on any atom is -0.465 e. The summed E-state index contributed by atoms with van der Waals surface area (Å²) in [6, 6.07) is 7.48. The highest BCUT2D eigenvalue weighted by atomic mass is 32.2. The lowest BCUT2D eigenvalue weighted by Crippen LogP contribution is -2.06. The number of hydrogen-bond donors (Lipinski definition) is 1. The summed E-state index contributed by atoms with van der Waals surface area (Å²) in [6.07, 6.45) is 1.72. The Labute approximate surface area is 110 Å². The molecule has 4 nitrogen and oxygen atoms in total. The standard InChI is InChI=1S/C13H14N2O2S/c1-2-17-12(16)8-18-11-6-5-10(14)9-4-3-7-15-13(9)11/h3-7H,2,8,14H2,1H3. The van der Waals surface area contributed by atoms with Gasteiger partial charge in [0, 0.05) is 22.2 Å². The van der Waals surface area contributed by atoms with E-state index in [-0.39, 0.29) is 11.7 Å². The third-order valence-electron chi connectivity index (χ3n) is 2.42. The van der Waals surface area contributed by atoms with Crippen LogP contribution in [-0.2, 0) is 9.53 Å². The van der Waals surface area contributed by atoms with Crippen LogP contribution in [0.2, 0.25) is 0 Å².